The maximum Gasteiger partial charge on any atom is 0.318 e. The number of hydrogen-bond donors (Lipinski definition) is 2. The molecule has 4 aromatic rings. The number of aromatic nitrogens is 3. The number of rotatable bonds is 14. The number of carbonyl (C=O) groups is 1. The van der Waals surface area contributed by atoms with Crippen LogP contribution in [0.1, 0.15) is 75.7 Å². The van der Waals surface area contributed by atoms with Crippen LogP contribution in [-0.2, 0) is 14.9 Å². The molecule has 8 nitrogen and oxygen atoms in total. The van der Waals surface area contributed by atoms with Crippen LogP contribution in [0.5, 0.6) is 0 Å². The molecular formula is C35H48Cl2N6O2. The number of hydrogen-bond acceptors (Lipinski definition) is 7. The molecule has 0 spiro atoms. The minimum atomic E-state index is -0.746. The van der Waals surface area contributed by atoms with Gasteiger partial charge in [0, 0.05) is 12.6 Å². The predicted molar refractivity (Wildman–Crippen MR) is 187 cm³/mol. The topological polar surface area (TPSA) is 83.8 Å². The minimum Gasteiger partial charge on any atom is -0.465 e. The Labute approximate surface area is 280 Å². The number of anilines is 1. The lowest BCUT2D eigenvalue weighted by Gasteiger charge is -2.35. The van der Waals surface area contributed by atoms with Crippen LogP contribution in [0.3, 0.4) is 0 Å². The SMILES string of the molecule is CCOC(=O)C(CC)(CC)c1cn2nc(NCCCN3CCC(NC(c4ccccc4)c4ccccc4)CC3)ccc2n1.Cl.Cl. The van der Waals surface area contributed by atoms with Crippen molar-refractivity contribution in [1.29, 1.82) is 0 Å². The van der Waals surface area contributed by atoms with Gasteiger partial charge in [-0.1, -0.05) is 74.5 Å². The minimum absolute atomic E-state index is 0. The van der Waals surface area contributed by atoms with Crippen molar-refractivity contribution in [2.24, 2.45) is 0 Å². The summed E-state index contributed by atoms with van der Waals surface area (Å²) in [7, 11) is 0. The lowest BCUT2D eigenvalue weighted by Crippen LogP contribution is -2.44. The fourth-order valence-electron chi connectivity index (χ4n) is 6.24. The molecule has 45 heavy (non-hydrogen) atoms. The van der Waals surface area contributed by atoms with E-state index >= 15 is 0 Å². The van der Waals surface area contributed by atoms with Gasteiger partial charge < -0.3 is 20.3 Å². The normalized spacial score (nSPS) is 14.1. The number of nitrogens with zero attached hydrogens (tertiary/aromatic N) is 4. The van der Waals surface area contributed by atoms with Crippen LogP contribution < -0.4 is 10.6 Å². The number of benzene rings is 2. The molecule has 2 aromatic heterocycles. The van der Waals surface area contributed by atoms with Crippen molar-refractivity contribution in [2.45, 2.75) is 70.4 Å². The maximum atomic E-state index is 12.8. The molecule has 1 aliphatic rings. The van der Waals surface area contributed by atoms with E-state index in [2.05, 4.69) is 76.2 Å². The second kappa shape index (κ2) is 17.5. The van der Waals surface area contributed by atoms with Crippen molar-refractivity contribution in [3.05, 3.63) is 95.8 Å². The molecule has 10 heteroatoms. The van der Waals surface area contributed by atoms with Crippen LogP contribution >= 0.6 is 24.8 Å². The van der Waals surface area contributed by atoms with E-state index in [9.17, 15) is 4.79 Å². The third kappa shape index (κ3) is 8.76. The Kier molecular flexibility index (Phi) is 14.1. The van der Waals surface area contributed by atoms with Crippen LogP contribution in [0.25, 0.3) is 5.65 Å². The van der Waals surface area contributed by atoms with Crippen molar-refractivity contribution in [3.63, 3.8) is 0 Å². The Morgan fingerprint density at radius 3 is 2.13 bits per heavy atom. The Hall–Kier alpha value is -3.17. The lowest BCUT2D eigenvalue weighted by atomic mass is 9.79. The first-order chi connectivity index (χ1) is 21.1. The first-order valence-electron chi connectivity index (χ1n) is 15.9. The first kappa shape index (κ1) is 36.3. The van der Waals surface area contributed by atoms with Gasteiger partial charge >= 0.3 is 5.97 Å². The highest BCUT2D eigenvalue weighted by Gasteiger charge is 2.40. The Bertz CT molecular complexity index is 1400. The van der Waals surface area contributed by atoms with Crippen LogP contribution in [0.2, 0.25) is 0 Å². The number of likely N-dealkylation sites (tertiary alicyclic amines) is 1. The summed E-state index contributed by atoms with van der Waals surface area (Å²) in [5.74, 6) is 0.593. The summed E-state index contributed by atoms with van der Waals surface area (Å²) in [5.41, 5.74) is 3.33. The molecule has 0 bridgehead atoms. The summed E-state index contributed by atoms with van der Waals surface area (Å²) in [4.78, 5) is 20.2. The summed E-state index contributed by atoms with van der Waals surface area (Å²) in [6, 6.07) is 26.2. The number of esters is 1. The zero-order valence-electron chi connectivity index (χ0n) is 26.7. The van der Waals surface area contributed by atoms with Crippen LogP contribution in [0.4, 0.5) is 5.82 Å². The molecule has 1 saturated heterocycles. The van der Waals surface area contributed by atoms with Gasteiger partial charge in [0.05, 0.1) is 24.5 Å². The van der Waals surface area contributed by atoms with E-state index in [1.807, 2.05) is 39.1 Å². The zero-order chi connectivity index (χ0) is 30.1. The van der Waals surface area contributed by atoms with Crippen molar-refractivity contribution in [2.75, 3.05) is 38.1 Å². The predicted octanol–water partition coefficient (Wildman–Crippen LogP) is 6.84. The molecule has 0 radical (unpaired) electrons. The van der Waals surface area contributed by atoms with E-state index in [-0.39, 0.29) is 36.8 Å². The van der Waals surface area contributed by atoms with Crippen LogP contribution in [-0.4, -0.2) is 64.3 Å². The highest BCUT2D eigenvalue weighted by molar-refractivity contribution is 5.85. The van der Waals surface area contributed by atoms with Gasteiger partial charge in [0.15, 0.2) is 5.65 Å². The third-order valence-corrected chi connectivity index (χ3v) is 8.90. The summed E-state index contributed by atoms with van der Waals surface area (Å²) >= 11 is 0. The standard InChI is InChI=1S/C35H46N6O2.2ClH/c1-4-35(5-2,34(42)43-6-3)30-26-41-32(38-30)19-18-31(39-41)36-22-13-23-40-24-20-29(21-25-40)37-33(27-14-9-7-10-15-27)28-16-11-8-12-17-28;;/h7-12,14-19,26,29,33,37H,4-6,13,20-25H2,1-3H3,(H,36,39);2*1H. The quantitative estimate of drug-likeness (QED) is 0.114. The zero-order valence-corrected chi connectivity index (χ0v) is 28.3. The van der Waals surface area contributed by atoms with Gasteiger partial charge in [-0.15, -0.1) is 29.9 Å². The van der Waals surface area contributed by atoms with Crippen molar-refractivity contribution < 1.29 is 9.53 Å². The molecule has 2 aromatic carbocycles. The Balaban J connectivity index is 0.00000276. The number of carbonyl (C=O) groups excluding carboxylic acids is 1. The molecule has 1 aliphatic heterocycles. The number of piperidine rings is 1. The van der Waals surface area contributed by atoms with Gasteiger partial charge in [-0.3, -0.25) is 4.79 Å². The fourth-order valence-corrected chi connectivity index (χ4v) is 6.24. The van der Waals surface area contributed by atoms with E-state index in [4.69, 9.17) is 14.8 Å². The summed E-state index contributed by atoms with van der Waals surface area (Å²) in [5, 5.41) is 12.2. The van der Waals surface area contributed by atoms with Crippen molar-refractivity contribution >= 4 is 42.2 Å². The fraction of sp³-hybridized carbons (Fsp3) is 0.457. The molecule has 0 atom stereocenters. The molecule has 0 unspecified atom stereocenters. The molecule has 244 valence electrons. The molecule has 2 N–H and O–H groups in total. The number of ether oxygens (including phenoxy) is 1. The molecule has 1 fully saturated rings. The molecular weight excluding hydrogens is 607 g/mol. The highest BCUT2D eigenvalue weighted by Crippen LogP contribution is 2.33. The number of halogens is 2. The number of imidazole rings is 1. The van der Waals surface area contributed by atoms with E-state index in [0.29, 0.717) is 25.5 Å². The average Bonchev–Trinajstić information content (AvgIpc) is 3.48. The van der Waals surface area contributed by atoms with E-state index in [1.165, 1.54) is 11.1 Å². The molecule has 0 aliphatic carbocycles. The maximum absolute atomic E-state index is 12.8. The number of nitrogens with one attached hydrogen (secondary N) is 2. The second-order valence-electron chi connectivity index (χ2n) is 11.5. The van der Waals surface area contributed by atoms with Crippen LogP contribution in [0, 0.1) is 0 Å². The van der Waals surface area contributed by atoms with Gasteiger partial charge in [-0.2, -0.15) is 0 Å². The first-order valence-corrected chi connectivity index (χ1v) is 15.9. The smallest absolute Gasteiger partial charge is 0.318 e. The Morgan fingerprint density at radius 2 is 1.56 bits per heavy atom. The monoisotopic (exact) mass is 654 g/mol. The van der Waals surface area contributed by atoms with E-state index in [0.717, 1.165) is 62.6 Å². The molecule has 0 saturated carbocycles. The third-order valence-electron chi connectivity index (χ3n) is 8.90. The largest absolute Gasteiger partial charge is 0.465 e. The lowest BCUT2D eigenvalue weighted by molar-refractivity contribution is -0.150. The molecule has 3 heterocycles. The summed E-state index contributed by atoms with van der Waals surface area (Å²) < 4.78 is 7.18. The van der Waals surface area contributed by atoms with Crippen molar-refractivity contribution in [3.8, 4) is 0 Å². The molecule has 5 rings (SSSR count). The van der Waals surface area contributed by atoms with Gasteiger partial charge in [-0.25, -0.2) is 9.50 Å². The summed E-state index contributed by atoms with van der Waals surface area (Å²) in [6.45, 7) is 10.3. The van der Waals surface area contributed by atoms with Crippen LogP contribution in [0.15, 0.2) is 79.0 Å². The number of fused-ring (bicyclic) bond motifs is 1. The average molecular weight is 656 g/mol. The van der Waals surface area contributed by atoms with E-state index < -0.39 is 5.41 Å². The van der Waals surface area contributed by atoms with E-state index in [1.54, 1.807) is 4.52 Å². The van der Waals surface area contributed by atoms with Gasteiger partial charge in [-0.05, 0) is 81.9 Å². The van der Waals surface area contributed by atoms with Gasteiger partial charge in [0.1, 0.15) is 11.2 Å². The van der Waals surface area contributed by atoms with Crippen molar-refractivity contribution in [1.82, 2.24) is 24.8 Å². The summed E-state index contributed by atoms with van der Waals surface area (Å²) in [6.07, 6.45) is 6.47. The van der Waals surface area contributed by atoms with Gasteiger partial charge in [0.25, 0.3) is 0 Å². The highest BCUT2D eigenvalue weighted by atomic mass is 35.5. The van der Waals surface area contributed by atoms with Gasteiger partial charge in [0.2, 0.25) is 0 Å². The Morgan fingerprint density at radius 1 is 0.933 bits per heavy atom. The molecule has 0 amide bonds. The second-order valence-corrected chi connectivity index (χ2v) is 11.5.